The number of hydrogen-bond acceptors (Lipinski definition) is 5. The lowest BCUT2D eigenvalue weighted by atomic mass is 9.86. The second-order valence-electron chi connectivity index (χ2n) is 5.98. The van der Waals surface area contributed by atoms with Crippen molar-refractivity contribution < 1.29 is 4.42 Å². The lowest BCUT2D eigenvalue weighted by Crippen LogP contribution is -2.48. The van der Waals surface area contributed by atoms with Gasteiger partial charge in [0.05, 0.1) is 11.8 Å². The first-order valence-electron chi connectivity index (χ1n) is 7.46. The predicted molar refractivity (Wildman–Crippen MR) is 78.4 cm³/mol. The molecule has 3 rings (SSSR count). The first-order chi connectivity index (χ1) is 9.72. The first-order valence-corrected chi connectivity index (χ1v) is 8.44. The summed E-state index contributed by atoms with van der Waals surface area (Å²) in [5, 5.41) is 14.0. The Morgan fingerprint density at radius 2 is 2.40 bits per heavy atom. The highest BCUT2D eigenvalue weighted by molar-refractivity contribution is 7.99. The molecule has 108 valence electrons. The molecular weight excluding hydrogens is 270 g/mol. The molecule has 1 aromatic rings. The quantitative estimate of drug-likeness (QED) is 0.815. The van der Waals surface area contributed by atoms with Crippen LogP contribution in [0.3, 0.4) is 0 Å². The fraction of sp³-hybridized carbons (Fsp3) is 0.733. The lowest BCUT2D eigenvalue weighted by Gasteiger charge is -2.30. The lowest BCUT2D eigenvalue weighted by molar-refractivity contribution is 0.307. The Morgan fingerprint density at radius 3 is 3.05 bits per heavy atom. The molecule has 2 unspecified atom stereocenters. The van der Waals surface area contributed by atoms with Gasteiger partial charge in [0.1, 0.15) is 11.8 Å². The molecule has 0 spiro atoms. The van der Waals surface area contributed by atoms with Crippen molar-refractivity contribution in [1.29, 1.82) is 5.26 Å². The molecule has 2 saturated carbocycles. The first kappa shape index (κ1) is 14.0. The fourth-order valence-corrected chi connectivity index (χ4v) is 4.02. The van der Waals surface area contributed by atoms with Crippen molar-refractivity contribution in [2.75, 3.05) is 5.75 Å². The highest BCUT2D eigenvalue weighted by atomic mass is 32.2. The maximum atomic E-state index is 9.63. The van der Waals surface area contributed by atoms with Crippen LogP contribution in [-0.2, 0) is 0 Å². The minimum Gasteiger partial charge on any atom is -0.440 e. The third-order valence-corrected chi connectivity index (χ3v) is 5.22. The van der Waals surface area contributed by atoms with E-state index >= 15 is 0 Å². The number of aryl methyl sites for hydroxylation is 1. The van der Waals surface area contributed by atoms with Gasteiger partial charge in [0.15, 0.2) is 0 Å². The van der Waals surface area contributed by atoms with Gasteiger partial charge in [-0.3, -0.25) is 5.32 Å². The summed E-state index contributed by atoms with van der Waals surface area (Å²) in [6.07, 6.45) is 8.55. The predicted octanol–water partition coefficient (Wildman–Crippen LogP) is 3.28. The van der Waals surface area contributed by atoms with E-state index in [2.05, 4.69) is 16.4 Å². The Balaban J connectivity index is 1.54. The van der Waals surface area contributed by atoms with Crippen molar-refractivity contribution in [3.8, 4) is 6.07 Å². The Hall–Kier alpha value is -0.990. The van der Waals surface area contributed by atoms with Crippen molar-refractivity contribution in [2.24, 2.45) is 5.92 Å². The minimum absolute atomic E-state index is 0.270. The van der Waals surface area contributed by atoms with Gasteiger partial charge in [-0.1, -0.05) is 18.2 Å². The molecule has 2 atom stereocenters. The molecule has 20 heavy (non-hydrogen) atoms. The number of rotatable bonds is 6. The highest BCUT2D eigenvalue weighted by Gasteiger charge is 2.45. The summed E-state index contributed by atoms with van der Waals surface area (Å²) in [4.78, 5) is 4.31. The summed E-state index contributed by atoms with van der Waals surface area (Å²) in [5.41, 5.74) is 0.656. The molecule has 1 aromatic heterocycles. The van der Waals surface area contributed by atoms with Crippen LogP contribution in [0.25, 0.3) is 0 Å². The maximum Gasteiger partial charge on any atom is 0.255 e. The van der Waals surface area contributed by atoms with Gasteiger partial charge >= 0.3 is 0 Å². The van der Waals surface area contributed by atoms with Gasteiger partial charge in [0.2, 0.25) is 0 Å². The zero-order chi connectivity index (χ0) is 14.0. The maximum absolute atomic E-state index is 9.63. The summed E-state index contributed by atoms with van der Waals surface area (Å²) in [5.74, 6) is 1.44. The summed E-state index contributed by atoms with van der Waals surface area (Å²) in [6, 6.07) is 3.19. The third-order valence-electron chi connectivity index (χ3n) is 4.35. The van der Waals surface area contributed by atoms with Gasteiger partial charge in [-0.25, -0.2) is 4.98 Å². The largest absolute Gasteiger partial charge is 0.440 e. The standard InChI is InChI=1S/C15H21N3OS/c1-11-9-19-14(17-11)20-8-6-12-3-2-7-15(12,10-16)18-13-4-5-13/h9,12-13,18H,2-8H2,1H3. The molecule has 0 saturated heterocycles. The van der Waals surface area contributed by atoms with E-state index in [1.165, 1.54) is 25.7 Å². The smallest absolute Gasteiger partial charge is 0.255 e. The molecule has 0 bridgehead atoms. The number of thioether (sulfide) groups is 1. The Labute approximate surface area is 124 Å². The topological polar surface area (TPSA) is 61.9 Å². The van der Waals surface area contributed by atoms with Crippen molar-refractivity contribution in [2.45, 2.75) is 62.3 Å². The molecule has 1 heterocycles. The van der Waals surface area contributed by atoms with Crippen LogP contribution >= 0.6 is 11.8 Å². The highest BCUT2D eigenvalue weighted by Crippen LogP contribution is 2.40. The molecule has 1 N–H and O–H groups in total. The Morgan fingerprint density at radius 1 is 1.55 bits per heavy atom. The van der Waals surface area contributed by atoms with E-state index in [1.807, 2.05) is 6.92 Å². The SMILES string of the molecule is Cc1coc(SCCC2CCCC2(C#N)NC2CC2)n1. The van der Waals surface area contributed by atoms with Crippen LogP contribution in [0.2, 0.25) is 0 Å². The number of nitriles is 1. The third kappa shape index (κ3) is 3.02. The summed E-state index contributed by atoms with van der Waals surface area (Å²) >= 11 is 1.66. The van der Waals surface area contributed by atoms with Crippen LogP contribution in [0, 0.1) is 24.2 Å². The van der Waals surface area contributed by atoms with Gasteiger partial charge in [-0.2, -0.15) is 5.26 Å². The number of nitrogens with zero attached hydrogens (tertiary/aromatic N) is 2. The van der Waals surface area contributed by atoms with E-state index in [1.54, 1.807) is 18.0 Å². The van der Waals surface area contributed by atoms with Crippen molar-refractivity contribution >= 4 is 11.8 Å². The molecule has 5 heteroatoms. The van der Waals surface area contributed by atoms with E-state index in [9.17, 15) is 5.26 Å². The molecular formula is C15H21N3OS. The van der Waals surface area contributed by atoms with Crippen LogP contribution < -0.4 is 5.32 Å². The van der Waals surface area contributed by atoms with Gasteiger partial charge in [0.25, 0.3) is 5.22 Å². The van der Waals surface area contributed by atoms with Crippen LogP contribution in [0.1, 0.15) is 44.2 Å². The van der Waals surface area contributed by atoms with Crippen LogP contribution in [0.5, 0.6) is 0 Å². The molecule has 0 aliphatic heterocycles. The Bertz CT molecular complexity index is 505. The molecule has 0 radical (unpaired) electrons. The average molecular weight is 291 g/mol. The van der Waals surface area contributed by atoms with Gasteiger partial charge in [-0.15, -0.1) is 0 Å². The van der Waals surface area contributed by atoms with Crippen molar-refractivity contribution in [3.63, 3.8) is 0 Å². The van der Waals surface area contributed by atoms with E-state index in [4.69, 9.17) is 4.42 Å². The van der Waals surface area contributed by atoms with Crippen LogP contribution in [-0.4, -0.2) is 22.3 Å². The second-order valence-corrected chi connectivity index (χ2v) is 7.03. The van der Waals surface area contributed by atoms with Crippen molar-refractivity contribution in [3.05, 3.63) is 12.0 Å². The number of aromatic nitrogens is 1. The second kappa shape index (κ2) is 5.79. The minimum atomic E-state index is -0.270. The van der Waals surface area contributed by atoms with E-state index < -0.39 is 0 Å². The van der Waals surface area contributed by atoms with Gasteiger partial charge in [-0.05, 0) is 44.9 Å². The van der Waals surface area contributed by atoms with Crippen LogP contribution in [0.4, 0.5) is 0 Å². The molecule has 4 nitrogen and oxygen atoms in total. The zero-order valence-electron chi connectivity index (χ0n) is 11.9. The monoisotopic (exact) mass is 291 g/mol. The number of nitrogens with one attached hydrogen (secondary N) is 1. The molecule has 2 fully saturated rings. The van der Waals surface area contributed by atoms with Gasteiger partial charge in [0, 0.05) is 11.8 Å². The average Bonchev–Trinajstić information content (AvgIpc) is 3.01. The molecule has 2 aliphatic carbocycles. The Kier molecular flexibility index (Phi) is 4.04. The summed E-state index contributed by atoms with van der Waals surface area (Å²) in [6.45, 7) is 1.94. The molecule has 0 amide bonds. The van der Waals surface area contributed by atoms with E-state index in [0.29, 0.717) is 12.0 Å². The zero-order valence-corrected chi connectivity index (χ0v) is 12.7. The summed E-state index contributed by atoms with van der Waals surface area (Å²) < 4.78 is 5.35. The fourth-order valence-electron chi connectivity index (χ4n) is 3.12. The molecule has 2 aliphatic rings. The molecule has 0 aromatic carbocycles. The number of oxazole rings is 1. The van der Waals surface area contributed by atoms with Gasteiger partial charge < -0.3 is 4.42 Å². The summed E-state index contributed by atoms with van der Waals surface area (Å²) in [7, 11) is 0. The van der Waals surface area contributed by atoms with Crippen molar-refractivity contribution in [1.82, 2.24) is 10.3 Å². The van der Waals surface area contributed by atoms with E-state index in [-0.39, 0.29) is 5.54 Å². The number of hydrogen-bond donors (Lipinski definition) is 1. The van der Waals surface area contributed by atoms with Crippen LogP contribution in [0.15, 0.2) is 15.9 Å². The normalized spacial score (nSPS) is 29.5. The van der Waals surface area contributed by atoms with E-state index in [0.717, 1.165) is 29.5 Å².